The fourth-order valence-electron chi connectivity index (χ4n) is 7.17. The molecule has 6 nitrogen and oxygen atoms in total. The van der Waals surface area contributed by atoms with E-state index >= 15 is 0 Å². The van der Waals surface area contributed by atoms with Gasteiger partial charge < -0.3 is 9.80 Å². The Morgan fingerprint density at radius 3 is 2.09 bits per heavy atom. The van der Waals surface area contributed by atoms with Crippen LogP contribution < -0.4 is 4.90 Å². The van der Waals surface area contributed by atoms with E-state index in [-0.39, 0.29) is 5.92 Å². The van der Waals surface area contributed by atoms with Crippen LogP contribution >= 0.6 is 0 Å². The van der Waals surface area contributed by atoms with Crippen molar-refractivity contribution in [3.8, 4) is 0 Å². The molecule has 4 heterocycles. The molecule has 0 N–H and O–H groups in total. The maximum Gasteiger partial charge on any atom is 0.225 e. The summed E-state index contributed by atoms with van der Waals surface area (Å²) in [6, 6.07) is 1.18. The summed E-state index contributed by atoms with van der Waals surface area (Å²) in [5, 5.41) is 0. The second-order valence-electron chi connectivity index (χ2n) is 11.8. The van der Waals surface area contributed by atoms with Gasteiger partial charge in [0.1, 0.15) is 5.78 Å². The first-order valence-electron chi connectivity index (χ1n) is 14.1. The van der Waals surface area contributed by atoms with Gasteiger partial charge in [-0.2, -0.15) is 0 Å². The van der Waals surface area contributed by atoms with Crippen molar-refractivity contribution in [2.45, 2.75) is 90.1 Å². The van der Waals surface area contributed by atoms with E-state index in [0.29, 0.717) is 29.7 Å². The van der Waals surface area contributed by atoms with Gasteiger partial charge in [0.05, 0.1) is 0 Å². The number of hydrogen-bond acceptors (Lipinski definition) is 6. The number of aromatic nitrogens is 2. The Balaban J connectivity index is 1.08. The van der Waals surface area contributed by atoms with Gasteiger partial charge in [0.25, 0.3) is 0 Å². The second kappa shape index (κ2) is 10.6. The molecule has 0 aromatic carbocycles. The molecule has 188 valence electrons. The SMILES string of the molecule is CCN1CC2CCC(C1)N2c1ncc(C2CCN(C[C@H]3CC[C@H](C(=O)C(C)C)CC3)CC2)cn1. The number of anilines is 1. The zero-order valence-corrected chi connectivity index (χ0v) is 21.7. The van der Waals surface area contributed by atoms with Gasteiger partial charge in [0.2, 0.25) is 5.95 Å². The Morgan fingerprint density at radius 2 is 1.53 bits per heavy atom. The number of piperidine rings is 1. The van der Waals surface area contributed by atoms with Crippen LogP contribution in [-0.2, 0) is 4.79 Å². The van der Waals surface area contributed by atoms with Crippen LogP contribution in [0.3, 0.4) is 0 Å². The molecule has 0 radical (unpaired) electrons. The van der Waals surface area contributed by atoms with E-state index in [9.17, 15) is 4.79 Å². The molecule has 5 rings (SSSR count). The van der Waals surface area contributed by atoms with Crippen molar-refractivity contribution in [3.63, 3.8) is 0 Å². The van der Waals surface area contributed by atoms with E-state index in [1.165, 1.54) is 63.7 Å². The molecule has 2 atom stereocenters. The Bertz CT molecular complexity index is 797. The summed E-state index contributed by atoms with van der Waals surface area (Å²) in [7, 11) is 0. The highest BCUT2D eigenvalue weighted by Crippen LogP contribution is 2.35. The third kappa shape index (κ3) is 5.18. The van der Waals surface area contributed by atoms with Gasteiger partial charge in [-0.15, -0.1) is 0 Å². The molecule has 4 fully saturated rings. The Hall–Kier alpha value is -1.53. The first-order chi connectivity index (χ1) is 16.5. The van der Waals surface area contributed by atoms with E-state index < -0.39 is 0 Å². The van der Waals surface area contributed by atoms with Crippen LogP contribution in [-0.4, -0.2) is 76.9 Å². The minimum absolute atomic E-state index is 0.194. The van der Waals surface area contributed by atoms with Gasteiger partial charge in [0.15, 0.2) is 0 Å². The topological polar surface area (TPSA) is 52.6 Å². The zero-order chi connectivity index (χ0) is 23.7. The summed E-state index contributed by atoms with van der Waals surface area (Å²) in [6.07, 6.45) is 13.9. The maximum atomic E-state index is 12.3. The number of carbonyl (C=O) groups is 1. The molecule has 0 spiro atoms. The highest BCUT2D eigenvalue weighted by molar-refractivity contribution is 5.82. The minimum Gasteiger partial charge on any atom is -0.332 e. The van der Waals surface area contributed by atoms with Gasteiger partial charge >= 0.3 is 0 Å². The molecule has 2 unspecified atom stereocenters. The standard InChI is InChI=1S/C28H45N5O/c1-4-31-18-25-9-10-26(19-31)33(25)28-29-15-24(16-30-28)22-11-13-32(14-12-22)17-21-5-7-23(8-6-21)27(34)20(2)3/h15-16,20-23,25-26H,4-14,17-19H2,1-3H3/t21-,23-,25?,26?. The number of fused-ring (bicyclic) bond motifs is 2. The van der Waals surface area contributed by atoms with Gasteiger partial charge in [-0.25, -0.2) is 9.97 Å². The molecule has 1 aliphatic carbocycles. The van der Waals surface area contributed by atoms with Gasteiger partial charge in [0, 0.05) is 55.9 Å². The number of Topliss-reactive ketones (excluding diaryl/α,β-unsaturated/α-hetero) is 1. The molecule has 1 saturated carbocycles. The Kier molecular flexibility index (Phi) is 7.55. The molecule has 34 heavy (non-hydrogen) atoms. The first-order valence-corrected chi connectivity index (χ1v) is 14.1. The largest absolute Gasteiger partial charge is 0.332 e. The molecule has 3 saturated heterocycles. The molecule has 4 aliphatic rings. The summed E-state index contributed by atoms with van der Waals surface area (Å²) in [5.74, 6) is 3.34. The van der Waals surface area contributed by atoms with Crippen LogP contribution in [0.15, 0.2) is 12.4 Å². The van der Waals surface area contributed by atoms with Crippen molar-refractivity contribution < 1.29 is 4.79 Å². The average Bonchev–Trinajstić information content (AvgIpc) is 3.13. The lowest BCUT2D eigenvalue weighted by molar-refractivity contribution is -0.127. The smallest absolute Gasteiger partial charge is 0.225 e. The second-order valence-corrected chi connectivity index (χ2v) is 11.8. The summed E-state index contributed by atoms with van der Waals surface area (Å²) >= 11 is 0. The summed E-state index contributed by atoms with van der Waals surface area (Å²) in [4.78, 5) is 29.8. The van der Waals surface area contributed by atoms with E-state index in [2.05, 4.69) is 47.9 Å². The van der Waals surface area contributed by atoms with Crippen molar-refractivity contribution in [2.75, 3.05) is 44.2 Å². The molecule has 1 aromatic rings. The highest BCUT2D eigenvalue weighted by atomic mass is 16.1. The van der Waals surface area contributed by atoms with Crippen molar-refractivity contribution in [2.24, 2.45) is 17.8 Å². The number of nitrogens with zero attached hydrogens (tertiary/aromatic N) is 5. The van der Waals surface area contributed by atoms with Crippen molar-refractivity contribution >= 4 is 11.7 Å². The Labute approximate surface area is 206 Å². The fraction of sp³-hybridized carbons (Fsp3) is 0.821. The quantitative estimate of drug-likeness (QED) is 0.594. The molecular weight excluding hydrogens is 422 g/mol. The Morgan fingerprint density at radius 1 is 0.912 bits per heavy atom. The minimum atomic E-state index is 0.194. The third-order valence-electron chi connectivity index (χ3n) is 9.29. The van der Waals surface area contributed by atoms with Crippen molar-refractivity contribution in [3.05, 3.63) is 18.0 Å². The number of rotatable bonds is 7. The van der Waals surface area contributed by atoms with Crippen LogP contribution in [0, 0.1) is 17.8 Å². The molecular formula is C28H45N5O. The van der Waals surface area contributed by atoms with E-state index in [1.54, 1.807) is 0 Å². The average molecular weight is 468 g/mol. The van der Waals surface area contributed by atoms with E-state index in [0.717, 1.165) is 44.3 Å². The lowest BCUT2D eigenvalue weighted by Crippen LogP contribution is -2.54. The monoisotopic (exact) mass is 467 g/mol. The van der Waals surface area contributed by atoms with Crippen LogP contribution in [0.25, 0.3) is 0 Å². The number of piperazine rings is 1. The summed E-state index contributed by atoms with van der Waals surface area (Å²) in [5.41, 5.74) is 1.33. The predicted octanol–water partition coefficient (Wildman–Crippen LogP) is 4.36. The number of ketones is 1. The maximum absolute atomic E-state index is 12.3. The molecule has 6 heteroatoms. The zero-order valence-electron chi connectivity index (χ0n) is 21.7. The van der Waals surface area contributed by atoms with E-state index in [1.807, 2.05) is 0 Å². The summed E-state index contributed by atoms with van der Waals surface area (Å²) in [6.45, 7) is 13.4. The lowest BCUT2D eigenvalue weighted by atomic mass is 9.77. The van der Waals surface area contributed by atoms with Gasteiger partial charge in [-0.3, -0.25) is 9.69 Å². The predicted molar refractivity (Wildman–Crippen MR) is 137 cm³/mol. The van der Waals surface area contributed by atoms with Crippen LogP contribution in [0.4, 0.5) is 5.95 Å². The van der Waals surface area contributed by atoms with Crippen molar-refractivity contribution in [1.82, 2.24) is 19.8 Å². The number of hydrogen-bond donors (Lipinski definition) is 0. The van der Waals surface area contributed by atoms with Crippen LogP contribution in [0.5, 0.6) is 0 Å². The third-order valence-corrected chi connectivity index (χ3v) is 9.29. The van der Waals surface area contributed by atoms with E-state index in [4.69, 9.17) is 9.97 Å². The lowest BCUT2D eigenvalue weighted by Gasteiger charge is -2.40. The number of likely N-dealkylation sites (N-methyl/N-ethyl adjacent to an activating group) is 1. The number of likely N-dealkylation sites (tertiary alicyclic amines) is 2. The van der Waals surface area contributed by atoms with Crippen LogP contribution in [0.2, 0.25) is 0 Å². The van der Waals surface area contributed by atoms with Crippen molar-refractivity contribution in [1.29, 1.82) is 0 Å². The molecule has 1 aromatic heterocycles. The molecule has 3 aliphatic heterocycles. The normalized spacial score (nSPS) is 31.4. The van der Waals surface area contributed by atoms with Gasteiger partial charge in [-0.05, 0) is 88.4 Å². The van der Waals surface area contributed by atoms with Gasteiger partial charge in [-0.1, -0.05) is 20.8 Å². The molecule has 0 amide bonds. The summed E-state index contributed by atoms with van der Waals surface area (Å²) < 4.78 is 0. The first kappa shape index (κ1) is 24.2. The molecule has 2 bridgehead atoms. The fourth-order valence-corrected chi connectivity index (χ4v) is 7.17. The van der Waals surface area contributed by atoms with Crippen LogP contribution in [0.1, 0.15) is 83.6 Å². The number of carbonyl (C=O) groups excluding carboxylic acids is 1. The highest BCUT2D eigenvalue weighted by Gasteiger charge is 2.40.